The van der Waals surface area contributed by atoms with Crippen LogP contribution in [0.3, 0.4) is 0 Å². The highest BCUT2D eigenvalue weighted by Crippen LogP contribution is 2.52. The van der Waals surface area contributed by atoms with Crippen LogP contribution in [0.5, 0.6) is 0 Å². The summed E-state index contributed by atoms with van der Waals surface area (Å²) in [6, 6.07) is 11.0. The van der Waals surface area contributed by atoms with Crippen molar-refractivity contribution in [1.29, 1.82) is 0 Å². The third-order valence-electron chi connectivity index (χ3n) is 30.8. The monoisotopic (exact) mass is 1160 g/mol. The molecule has 0 heterocycles. The topological polar surface area (TPSA) is 13.0 Å². The predicted molar refractivity (Wildman–Crippen MR) is 355 cm³/mol. The molecular weight excluding hydrogens is 1020 g/mol. The summed E-state index contributed by atoms with van der Waals surface area (Å²) in [7, 11) is 0. The normalized spacial score (nSPS) is 43.6. The molecule has 0 bridgehead atoms. The van der Waals surface area contributed by atoms with Gasteiger partial charge in [-0.2, -0.15) is 0 Å². The molecule has 0 amide bonds. The van der Waals surface area contributed by atoms with Crippen LogP contribution in [0, 0.1) is 59.2 Å². The fourth-order valence-electron chi connectivity index (χ4n) is 26.8. The van der Waals surface area contributed by atoms with E-state index < -0.39 is 0 Å². The van der Waals surface area contributed by atoms with Crippen LogP contribution in [-0.4, -0.2) is 92.1 Å². The van der Waals surface area contributed by atoms with Crippen LogP contribution in [0.4, 0.5) is 0 Å². The summed E-state index contributed by atoms with van der Waals surface area (Å²) in [6.07, 6.45) is 89.5. The van der Waals surface area contributed by atoms with Gasteiger partial charge >= 0.3 is 0 Å². The second-order valence-corrected chi connectivity index (χ2v) is 34.8. The minimum Gasteiger partial charge on any atom is -0.294 e. The molecule has 14 rings (SSSR count). The summed E-state index contributed by atoms with van der Waals surface area (Å²) in [5.74, 6) is 10.5. The second kappa shape index (κ2) is 30.1. The Morgan fingerprint density at radius 3 is 0.571 bits per heavy atom. The molecule has 0 aromatic rings. The Labute approximate surface area is 521 Å². The number of rotatable bonds is 15. The Kier molecular flexibility index (Phi) is 22.0. The van der Waals surface area contributed by atoms with Gasteiger partial charge < -0.3 is 0 Å². The third-order valence-corrected chi connectivity index (χ3v) is 30.8. The van der Waals surface area contributed by atoms with Crippen LogP contribution in [0.15, 0.2) is 0 Å². The first kappa shape index (κ1) is 61.4. The zero-order valence-electron chi connectivity index (χ0n) is 55.5. The lowest BCUT2D eigenvalue weighted by atomic mass is 9.66. The van der Waals surface area contributed by atoms with Crippen LogP contribution in [0.25, 0.3) is 0 Å². The van der Waals surface area contributed by atoms with Crippen molar-refractivity contribution in [3.8, 4) is 0 Å². The molecule has 0 saturated heterocycles. The van der Waals surface area contributed by atoms with E-state index in [-0.39, 0.29) is 0 Å². The zero-order chi connectivity index (χ0) is 56.0. The molecule has 84 heavy (non-hydrogen) atoms. The van der Waals surface area contributed by atoms with Gasteiger partial charge in [0.05, 0.1) is 0 Å². The van der Waals surface area contributed by atoms with Gasteiger partial charge in [0.25, 0.3) is 0 Å². The first-order valence-corrected chi connectivity index (χ1v) is 40.8. The Morgan fingerprint density at radius 2 is 0.310 bits per heavy atom. The van der Waals surface area contributed by atoms with E-state index in [1.165, 1.54) is 167 Å². The first-order chi connectivity index (χ1) is 41.7. The quantitative estimate of drug-likeness (QED) is 0.162. The van der Waals surface area contributed by atoms with Crippen LogP contribution >= 0.6 is 0 Å². The smallest absolute Gasteiger partial charge is 0.0132 e. The summed E-state index contributed by atoms with van der Waals surface area (Å²) in [5.41, 5.74) is 0. The van der Waals surface area contributed by atoms with Gasteiger partial charge in [0.15, 0.2) is 0 Å². The maximum Gasteiger partial charge on any atom is 0.0132 e. The Hall–Kier alpha value is -0.160. The fraction of sp³-hybridized carbons (Fsp3) is 1.00. The number of hydrogen-bond donors (Lipinski definition) is 0. The highest BCUT2D eigenvalue weighted by atomic mass is 15.2. The molecule has 0 spiro atoms. The van der Waals surface area contributed by atoms with Gasteiger partial charge in [-0.1, -0.05) is 141 Å². The Morgan fingerprint density at radius 1 is 0.119 bits per heavy atom. The van der Waals surface area contributed by atoms with Crippen LogP contribution in [-0.2, 0) is 0 Å². The highest BCUT2D eigenvalue weighted by molar-refractivity contribution is 5.02. The van der Waals surface area contributed by atoms with E-state index >= 15 is 0 Å². The SMILES string of the molecule is C1CCC(N(C2CCC(C3CCC(N(C4CCCCC4)C4CCC(C5CCC(N(C6CCCCC6)C6CCCC7CCCCC76)CC5)CC4)CC3)CC2)C2CCC(C3CCC(N(C4CCCCC4)C4CCCC5CCCCC54)CC3)CC2)CC1. The molecule has 0 aromatic carbocycles. The van der Waals surface area contributed by atoms with E-state index in [2.05, 4.69) is 19.6 Å². The van der Waals surface area contributed by atoms with Crippen molar-refractivity contribution in [2.45, 2.75) is 445 Å². The maximum absolute atomic E-state index is 3.35. The average molecular weight is 1160 g/mol. The van der Waals surface area contributed by atoms with Gasteiger partial charge in [-0.15, -0.1) is 0 Å². The molecule has 6 unspecified atom stereocenters. The summed E-state index contributed by atoms with van der Waals surface area (Å²) in [4.78, 5) is 13.4. The maximum atomic E-state index is 3.35. The third kappa shape index (κ3) is 14.2. The van der Waals surface area contributed by atoms with Gasteiger partial charge in [0.1, 0.15) is 0 Å². The van der Waals surface area contributed by atoms with Crippen molar-refractivity contribution in [2.24, 2.45) is 59.2 Å². The molecule has 0 N–H and O–H groups in total. The molecule has 478 valence electrons. The minimum atomic E-state index is 0.904. The number of fused-ring (bicyclic) bond motifs is 2. The molecule has 14 aliphatic carbocycles. The molecule has 4 nitrogen and oxygen atoms in total. The van der Waals surface area contributed by atoms with Crippen molar-refractivity contribution in [2.75, 3.05) is 0 Å². The fourth-order valence-corrected chi connectivity index (χ4v) is 26.8. The van der Waals surface area contributed by atoms with Crippen LogP contribution in [0.2, 0.25) is 0 Å². The van der Waals surface area contributed by atoms with E-state index in [1.807, 2.05) is 0 Å². The summed E-state index contributed by atoms with van der Waals surface area (Å²) in [6.45, 7) is 0. The van der Waals surface area contributed by atoms with E-state index in [0.29, 0.717) is 0 Å². The van der Waals surface area contributed by atoms with Crippen molar-refractivity contribution >= 4 is 0 Å². The lowest BCUT2D eigenvalue weighted by Crippen LogP contribution is -2.56. The molecule has 14 aliphatic rings. The lowest BCUT2D eigenvalue weighted by molar-refractivity contribution is -0.0414. The van der Waals surface area contributed by atoms with E-state index in [0.717, 1.165) is 132 Å². The van der Waals surface area contributed by atoms with Crippen LogP contribution in [0.1, 0.15) is 372 Å². The standard InChI is InChI=1S/C80H138N4/c1-5-23-67(24-6-1)81(73-51-39-61(40-52-73)63-43-55-75(56-44-63)83(69-27-9-3-10-28-69)79-33-17-21-65-19-13-15-31-77(65)79)71-47-35-59(36-48-71)60-37-49-72(50-38-60)82(68-25-7-2-8-26-68)74-53-41-62(42-54-74)64-45-57-76(58-46-64)84(70-29-11-4-12-30-70)80-34-18-22-66-20-14-16-32-78(66)80/h59-80H,1-58H2. The van der Waals surface area contributed by atoms with E-state index in [1.54, 1.807) is 205 Å². The van der Waals surface area contributed by atoms with Gasteiger partial charge in [0, 0.05) is 72.5 Å². The van der Waals surface area contributed by atoms with Gasteiger partial charge in [-0.05, 0) is 290 Å². The Balaban J connectivity index is 0.547. The minimum absolute atomic E-state index is 0.904. The molecule has 0 aliphatic heterocycles. The largest absolute Gasteiger partial charge is 0.294 e. The molecule has 4 heteroatoms. The molecule has 0 aromatic heterocycles. The molecular formula is C80H138N4. The molecule has 14 fully saturated rings. The van der Waals surface area contributed by atoms with Crippen LogP contribution < -0.4 is 0 Å². The molecule has 14 saturated carbocycles. The molecule has 6 atom stereocenters. The van der Waals surface area contributed by atoms with E-state index in [4.69, 9.17) is 0 Å². The van der Waals surface area contributed by atoms with E-state index in [9.17, 15) is 0 Å². The zero-order valence-corrected chi connectivity index (χ0v) is 55.5. The first-order valence-electron chi connectivity index (χ1n) is 40.8. The van der Waals surface area contributed by atoms with Gasteiger partial charge in [0.2, 0.25) is 0 Å². The summed E-state index contributed by atoms with van der Waals surface area (Å²) < 4.78 is 0. The average Bonchev–Trinajstić information content (AvgIpc) is 3.14. The molecule has 0 radical (unpaired) electrons. The summed E-state index contributed by atoms with van der Waals surface area (Å²) >= 11 is 0. The van der Waals surface area contributed by atoms with Crippen molar-refractivity contribution < 1.29 is 0 Å². The number of nitrogens with zero attached hydrogens (tertiary/aromatic N) is 4. The lowest BCUT2D eigenvalue weighted by Gasteiger charge is -2.54. The Bertz CT molecular complexity index is 1740. The van der Waals surface area contributed by atoms with Crippen molar-refractivity contribution in [1.82, 2.24) is 19.6 Å². The second-order valence-electron chi connectivity index (χ2n) is 34.8. The van der Waals surface area contributed by atoms with Crippen molar-refractivity contribution in [3.63, 3.8) is 0 Å². The van der Waals surface area contributed by atoms with Gasteiger partial charge in [-0.3, -0.25) is 19.6 Å². The van der Waals surface area contributed by atoms with Crippen molar-refractivity contribution in [3.05, 3.63) is 0 Å². The summed E-state index contributed by atoms with van der Waals surface area (Å²) in [5, 5.41) is 0. The highest BCUT2D eigenvalue weighted by Gasteiger charge is 2.48. The number of hydrogen-bond acceptors (Lipinski definition) is 4. The van der Waals surface area contributed by atoms with Gasteiger partial charge in [-0.25, -0.2) is 0 Å². The predicted octanol–water partition coefficient (Wildman–Crippen LogP) is 21.6.